The first-order chi connectivity index (χ1) is 9.43. The van der Waals surface area contributed by atoms with Crippen molar-refractivity contribution in [1.29, 1.82) is 5.26 Å². The van der Waals surface area contributed by atoms with Gasteiger partial charge in [-0.2, -0.15) is 0 Å². The van der Waals surface area contributed by atoms with Gasteiger partial charge in [-0.25, -0.2) is 0 Å². The van der Waals surface area contributed by atoms with Crippen molar-refractivity contribution in [2.75, 3.05) is 19.0 Å². The third-order valence-corrected chi connectivity index (χ3v) is 5.34. The molecule has 0 atom stereocenters. The molecule has 1 N–H and O–H groups in total. The zero-order valence-electron chi connectivity index (χ0n) is 11.3. The molecule has 1 aromatic carbocycles. The molecule has 0 aliphatic carbocycles. The van der Waals surface area contributed by atoms with Crippen molar-refractivity contribution in [2.24, 2.45) is 0 Å². The van der Waals surface area contributed by atoms with Gasteiger partial charge in [0.2, 0.25) is 0 Å². The van der Waals surface area contributed by atoms with Crippen LogP contribution < -0.4 is 4.90 Å². The number of hydrogen-bond acceptors (Lipinski definition) is 4. The molecule has 5 nitrogen and oxygen atoms in total. The molecule has 20 heavy (non-hydrogen) atoms. The first-order valence-electron chi connectivity index (χ1n) is 5.86. The van der Waals surface area contributed by atoms with Gasteiger partial charge < -0.3 is 0 Å². The van der Waals surface area contributed by atoms with E-state index in [1.54, 1.807) is 13.0 Å². The number of carboxylic acid groups (broad SMARTS) is 1. The third kappa shape index (κ3) is 2.60. The third-order valence-electron chi connectivity index (χ3n) is 2.84. The summed E-state index contributed by atoms with van der Waals surface area (Å²) >= 11 is -0.317. The summed E-state index contributed by atoms with van der Waals surface area (Å²) < 4.78 is 1.14. The van der Waals surface area contributed by atoms with E-state index in [0.29, 0.717) is 15.7 Å². The maximum atomic E-state index is 11.1. The Hall–Kier alpha value is -2.09. The van der Waals surface area contributed by atoms with E-state index in [2.05, 4.69) is 11.1 Å². The molecule has 1 aromatic heterocycles. The topological polar surface area (TPSA) is 77.2 Å². The van der Waals surface area contributed by atoms with Crippen molar-refractivity contribution in [2.45, 2.75) is 6.92 Å². The molecule has 1 heterocycles. The Labute approximate surface area is 122 Å². The van der Waals surface area contributed by atoms with Crippen molar-refractivity contribution < 1.29 is 9.90 Å². The molecule has 0 unspecified atom stereocenters. The second kappa shape index (κ2) is 5.49. The number of carboxylic acids is 1. The van der Waals surface area contributed by atoms with Crippen molar-refractivity contribution >= 4 is 26.2 Å². The van der Waals surface area contributed by atoms with Gasteiger partial charge in [0.05, 0.1) is 0 Å². The number of aryl methyl sites for hydroxylation is 1. The minimum absolute atomic E-state index is 0.317. The molecule has 0 saturated carbocycles. The Kier molecular flexibility index (Phi) is 3.93. The van der Waals surface area contributed by atoms with Gasteiger partial charge >= 0.3 is 122 Å². The quantitative estimate of drug-likeness (QED) is 0.866. The molecule has 0 aliphatic heterocycles. The van der Waals surface area contributed by atoms with Crippen LogP contribution in [0.2, 0.25) is 0 Å². The molecule has 0 bridgehead atoms. The summed E-state index contributed by atoms with van der Waals surface area (Å²) in [6, 6.07) is 7.68. The van der Waals surface area contributed by atoms with Gasteiger partial charge in [-0.3, -0.25) is 0 Å². The summed E-state index contributed by atoms with van der Waals surface area (Å²) in [5.74, 6) is -0.910. The van der Waals surface area contributed by atoms with E-state index in [0.717, 1.165) is 15.8 Å². The van der Waals surface area contributed by atoms with Gasteiger partial charge in [0.25, 0.3) is 0 Å². The van der Waals surface area contributed by atoms with E-state index >= 15 is 0 Å². The number of hydrogen-bond donors (Lipinski definition) is 1. The monoisotopic (exact) mass is 335 g/mol. The fourth-order valence-electron chi connectivity index (χ4n) is 1.87. The second-order valence-corrected chi connectivity index (χ2v) is 6.57. The Morgan fingerprint density at radius 2 is 2.15 bits per heavy atom. The zero-order valence-corrected chi connectivity index (χ0v) is 13.1. The van der Waals surface area contributed by atoms with Crippen molar-refractivity contribution in [1.82, 2.24) is 4.98 Å². The van der Waals surface area contributed by atoms with Gasteiger partial charge in [-0.05, 0) is 0 Å². The van der Waals surface area contributed by atoms with E-state index in [1.807, 2.05) is 31.1 Å². The van der Waals surface area contributed by atoms with Crippen LogP contribution >= 0.6 is 0 Å². The average Bonchev–Trinajstić information content (AvgIpc) is 2.80. The number of carbonyl (C=O) groups is 1. The fourth-order valence-corrected chi connectivity index (χ4v) is 3.76. The number of nitriles is 1. The van der Waals surface area contributed by atoms with E-state index < -0.39 is 5.97 Å². The Morgan fingerprint density at radius 1 is 1.45 bits per heavy atom. The van der Waals surface area contributed by atoms with Crippen LogP contribution in [0.3, 0.4) is 0 Å². The predicted molar refractivity (Wildman–Crippen MR) is 77.4 cm³/mol. The Morgan fingerprint density at radius 3 is 2.65 bits per heavy atom. The molecule has 0 amide bonds. The van der Waals surface area contributed by atoms with Gasteiger partial charge in [0, 0.05) is 0 Å². The molecule has 0 spiro atoms. The maximum absolute atomic E-state index is 11.1. The Bertz CT molecular complexity index is 714. The first kappa shape index (κ1) is 14.3. The standard InChI is InChI=1S/C14H13N3O2Se/c1-8-12(14(18)19)20-13(16-8)9-4-5-11(17(2)3)10(6-9)7-15/h4-6H,1-3H3,(H,18,19). The summed E-state index contributed by atoms with van der Waals surface area (Å²) in [6.07, 6.45) is 0. The van der Waals surface area contributed by atoms with Gasteiger partial charge in [0.1, 0.15) is 0 Å². The van der Waals surface area contributed by atoms with Gasteiger partial charge in [-0.15, -0.1) is 0 Å². The second-order valence-electron chi connectivity index (χ2n) is 4.48. The molecule has 102 valence electrons. The molecule has 0 fully saturated rings. The summed E-state index contributed by atoms with van der Waals surface area (Å²) in [6.45, 7) is 1.71. The summed E-state index contributed by atoms with van der Waals surface area (Å²) in [7, 11) is 3.75. The number of aromatic carboxylic acids is 1. The van der Waals surface area contributed by atoms with Crippen LogP contribution in [0.25, 0.3) is 10.1 Å². The average molecular weight is 334 g/mol. The van der Waals surface area contributed by atoms with E-state index in [9.17, 15) is 10.1 Å². The molecule has 0 aliphatic rings. The number of anilines is 1. The van der Waals surface area contributed by atoms with Crippen molar-refractivity contribution in [3.8, 4) is 16.2 Å². The van der Waals surface area contributed by atoms with Gasteiger partial charge in [-0.1, -0.05) is 0 Å². The number of benzene rings is 1. The van der Waals surface area contributed by atoms with Crippen LogP contribution in [0.5, 0.6) is 0 Å². The van der Waals surface area contributed by atoms with Gasteiger partial charge in [0.15, 0.2) is 0 Å². The van der Waals surface area contributed by atoms with E-state index in [1.165, 1.54) is 0 Å². The van der Waals surface area contributed by atoms with Crippen molar-refractivity contribution in [3.63, 3.8) is 0 Å². The van der Waals surface area contributed by atoms with Crippen LogP contribution in [0.1, 0.15) is 20.5 Å². The molecule has 0 radical (unpaired) electrons. The molecular weight excluding hydrogens is 321 g/mol. The van der Waals surface area contributed by atoms with Crippen LogP contribution in [-0.4, -0.2) is 44.7 Å². The van der Waals surface area contributed by atoms with Crippen LogP contribution in [0, 0.1) is 18.3 Å². The SMILES string of the molecule is Cc1nc(-c2ccc(N(C)C)c(C#N)c2)[se]c1C(=O)O. The van der Waals surface area contributed by atoms with E-state index in [-0.39, 0.29) is 14.5 Å². The normalized spacial score (nSPS) is 10.1. The van der Waals surface area contributed by atoms with Crippen LogP contribution in [0.4, 0.5) is 5.69 Å². The number of rotatable bonds is 3. The molecule has 6 heteroatoms. The predicted octanol–water partition coefficient (Wildman–Crippen LogP) is 1.75. The first-order valence-corrected chi connectivity index (χ1v) is 7.58. The summed E-state index contributed by atoms with van der Waals surface area (Å²) in [5, 5.41) is 18.3. The fraction of sp³-hybridized carbons (Fsp3) is 0.214. The molecule has 0 saturated heterocycles. The molecular formula is C14H13N3O2Se. The van der Waals surface area contributed by atoms with Crippen LogP contribution in [-0.2, 0) is 0 Å². The Balaban J connectivity index is 2.52. The molecule has 2 aromatic rings. The van der Waals surface area contributed by atoms with E-state index in [4.69, 9.17) is 5.11 Å². The molecule has 2 rings (SSSR count). The van der Waals surface area contributed by atoms with Crippen LogP contribution in [0.15, 0.2) is 18.2 Å². The summed E-state index contributed by atoms with van der Waals surface area (Å²) in [4.78, 5) is 17.3. The number of nitrogens with zero attached hydrogens (tertiary/aromatic N) is 3. The summed E-state index contributed by atoms with van der Waals surface area (Å²) in [5.41, 5.74) is 2.78. The van der Waals surface area contributed by atoms with Crippen molar-refractivity contribution in [3.05, 3.63) is 33.9 Å². The number of aromatic nitrogens is 1. The minimum atomic E-state index is -0.910. The zero-order chi connectivity index (χ0) is 14.9.